The highest BCUT2D eigenvalue weighted by Crippen LogP contribution is 2.42. The van der Waals surface area contributed by atoms with Crippen LogP contribution in [0.25, 0.3) is 10.9 Å². The smallest absolute Gasteiger partial charge is 0.120 e. The number of pyridine rings is 1. The van der Waals surface area contributed by atoms with Gasteiger partial charge in [-0.1, -0.05) is 23.4 Å². The summed E-state index contributed by atoms with van der Waals surface area (Å²) in [5.74, 6) is 0. The van der Waals surface area contributed by atoms with Gasteiger partial charge in [0.05, 0.1) is 5.52 Å². The zero-order valence-corrected chi connectivity index (χ0v) is 12.5. The van der Waals surface area contributed by atoms with Gasteiger partial charge in [-0.15, -0.1) is 23.2 Å². The number of aryl methyl sites for hydroxylation is 2. The third-order valence-electron chi connectivity index (χ3n) is 3.44. The molecule has 94 valence electrons. The lowest BCUT2D eigenvalue weighted by atomic mass is 10.0. The van der Waals surface area contributed by atoms with Crippen LogP contribution in [-0.4, -0.2) is 15.1 Å². The fraction of sp³-hybridized carbons (Fsp3) is 0.357. The maximum atomic E-state index is 6.00. The summed E-state index contributed by atoms with van der Waals surface area (Å²) in [5.41, 5.74) is 4.96. The average Bonchev–Trinajstić information content (AvgIpc) is 2.75. The minimum absolute atomic E-state index is 0.229. The maximum absolute atomic E-state index is 6.00. The van der Waals surface area contributed by atoms with Gasteiger partial charge in [0, 0.05) is 10.6 Å². The van der Waals surface area contributed by atoms with Gasteiger partial charge in [0.15, 0.2) is 0 Å². The van der Waals surface area contributed by atoms with Crippen LogP contribution in [-0.2, 0) is 6.42 Å². The molecule has 2 aromatic rings. The van der Waals surface area contributed by atoms with E-state index in [0.717, 1.165) is 17.0 Å². The Balaban J connectivity index is 2.18. The lowest BCUT2D eigenvalue weighted by molar-refractivity contribution is 0.915. The molecule has 1 aromatic heterocycles. The van der Waals surface area contributed by atoms with E-state index >= 15 is 0 Å². The Labute approximate surface area is 121 Å². The van der Waals surface area contributed by atoms with Gasteiger partial charge in [0.2, 0.25) is 0 Å². The van der Waals surface area contributed by atoms with Gasteiger partial charge in [-0.3, -0.25) is 0 Å². The molecular formula is C14H13Cl2NS. The van der Waals surface area contributed by atoms with Crippen molar-refractivity contribution in [3.63, 3.8) is 0 Å². The Morgan fingerprint density at radius 1 is 1.33 bits per heavy atom. The van der Waals surface area contributed by atoms with Crippen molar-refractivity contribution < 1.29 is 0 Å². The van der Waals surface area contributed by atoms with Crippen LogP contribution < -0.4 is 0 Å². The fourth-order valence-corrected chi connectivity index (χ4v) is 4.07. The number of alkyl halides is 2. The molecule has 1 aliphatic rings. The minimum atomic E-state index is -0.339. The fourth-order valence-electron chi connectivity index (χ4n) is 2.41. The van der Waals surface area contributed by atoms with Crippen LogP contribution >= 0.6 is 35.0 Å². The highest BCUT2D eigenvalue weighted by Gasteiger charge is 2.30. The van der Waals surface area contributed by atoms with Crippen molar-refractivity contribution in [2.75, 3.05) is 0 Å². The van der Waals surface area contributed by atoms with Crippen molar-refractivity contribution >= 4 is 45.9 Å². The summed E-state index contributed by atoms with van der Waals surface area (Å²) >= 11 is 13.7. The van der Waals surface area contributed by atoms with Crippen molar-refractivity contribution in [2.24, 2.45) is 0 Å². The Kier molecular flexibility index (Phi) is 3.21. The number of hydrogen-bond donors (Lipinski definition) is 0. The van der Waals surface area contributed by atoms with Gasteiger partial charge >= 0.3 is 0 Å². The minimum Gasteiger partial charge on any atom is -0.241 e. The molecule has 0 spiro atoms. The summed E-state index contributed by atoms with van der Waals surface area (Å²) in [6.45, 7) is 4.28. The lowest BCUT2D eigenvalue weighted by Gasteiger charge is -2.08. The molecular weight excluding hydrogens is 285 g/mol. The van der Waals surface area contributed by atoms with Crippen molar-refractivity contribution in [1.29, 1.82) is 0 Å². The van der Waals surface area contributed by atoms with E-state index in [2.05, 4.69) is 32.0 Å². The van der Waals surface area contributed by atoms with E-state index in [1.165, 1.54) is 22.1 Å². The molecule has 0 radical (unpaired) electrons. The molecule has 3 rings (SSSR count). The average molecular weight is 298 g/mol. The van der Waals surface area contributed by atoms with E-state index < -0.39 is 0 Å². The predicted molar refractivity (Wildman–Crippen MR) is 80.1 cm³/mol. The first-order valence-electron chi connectivity index (χ1n) is 5.91. The molecule has 1 aliphatic heterocycles. The molecule has 1 aromatic carbocycles. The van der Waals surface area contributed by atoms with E-state index in [0.29, 0.717) is 0 Å². The molecule has 0 saturated carbocycles. The largest absolute Gasteiger partial charge is 0.241 e. The van der Waals surface area contributed by atoms with Crippen LogP contribution in [0.1, 0.15) is 16.7 Å². The Bertz CT molecular complexity index is 625. The summed E-state index contributed by atoms with van der Waals surface area (Å²) in [5, 5.41) is 2.57. The zero-order chi connectivity index (χ0) is 12.9. The normalized spacial score (nSPS) is 18.6. The summed E-state index contributed by atoms with van der Waals surface area (Å²) < 4.78 is 0. The van der Waals surface area contributed by atoms with Gasteiger partial charge in [-0.05, 0) is 43.5 Å². The highest BCUT2D eigenvalue weighted by atomic mass is 35.5. The molecule has 0 fully saturated rings. The van der Waals surface area contributed by atoms with Gasteiger partial charge in [-0.2, -0.15) is 0 Å². The van der Waals surface area contributed by atoms with Crippen molar-refractivity contribution in [3.05, 3.63) is 34.9 Å². The van der Waals surface area contributed by atoms with Gasteiger partial charge in [0.25, 0.3) is 0 Å². The molecule has 4 heteroatoms. The van der Waals surface area contributed by atoms with E-state index in [1.54, 1.807) is 11.8 Å². The summed E-state index contributed by atoms with van der Waals surface area (Å²) in [7, 11) is 0. The van der Waals surface area contributed by atoms with Crippen LogP contribution in [0, 0.1) is 13.8 Å². The topological polar surface area (TPSA) is 12.9 Å². The zero-order valence-electron chi connectivity index (χ0n) is 10.2. The Morgan fingerprint density at radius 3 is 2.83 bits per heavy atom. The van der Waals surface area contributed by atoms with Gasteiger partial charge in [-0.25, -0.2) is 4.98 Å². The first kappa shape index (κ1) is 12.6. The number of hydrogen-bond acceptors (Lipinski definition) is 2. The molecule has 1 nitrogen and oxygen atoms in total. The number of rotatable bonds is 1. The lowest BCUT2D eigenvalue weighted by Crippen LogP contribution is -2.10. The quantitative estimate of drug-likeness (QED) is 0.709. The number of thioether (sulfide) groups is 1. The standard InChI is InChI=1S/C14H13Cl2NS/c1-7-3-4-11-9(5-7)8(2)10-6-12(13(15)16)18-14(10)17-11/h3-5,12-13H,6H2,1-2H3/t12-/m1/s1. The third-order valence-corrected chi connectivity index (χ3v) is 5.65. The second-order valence-corrected chi connectivity index (χ2v) is 7.13. The summed E-state index contributed by atoms with van der Waals surface area (Å²) in [6, 6.07) is 6.39. The molecule has 2 heterocycles. The molecule has 18 heavy (non-hydrogen) atoms. The number of benzene rings is 1. The Morgan fingerprint density at radius 2 is 2.11 bits per heavy atom. The molecule has 0 bridgehead atoms. The van der Waals surface area contributed by atoms with Crippen molar-refractivity contribution in [2.45, 2.75) is 35.4 Å². The first-order chi connectivity index (χ1) is 8.56. The molecule has 0 saturated heterocycles. The number of halogens is 2. The number of nitrogens with zero attached hydrogens (tertiary/aromatic N) is 1. The molecule has 0 aliphatic carbocycles. The summed E-state index contributed by atoms with van der Waals surface area (Å²) in [6.07, 6.45) is 0.917. The molecule has 0 N–H and O–H groups in total. The van der Waals surface area contributed by atoms with Crippen LogP contribution in [0.5, 0.6) is 0 Å². The van der Waals surface area contributed by atoms with Gasteiger partial charge in [0.1, 0.15) is 9.86 Å². The van der Waals surface area contributed by atoms with Crippen molar-refractivity contribution in [3.8, 4) is 0 Å². The first-order valence-corrected chi connectivity index (χ1v) is 7.66. The van der Waals surface area contributed by atoms with E-state index in [9.17, 15) is 0 Å². The van der Waals surface area contributed by atoms with Gasteiger partial charge < -0.3 is 0 Å². The summed E-state index contributed by atoms with van der Waals surface area (Å²) in [4.78, 5) is 4.40. The monoisotopic (exact) mass is 297 g/mol. The van der Waals surface area contributed by atoms with E-state index in [-0.39, 0.29) is 10.1 Å². The second-order valence-electron chi connectivity index (χ2n) is 4.74. The van der Waals surface area contributed by atoms with Crippen LogP contribution in [0.3, 0.4) is 0 Å². The van der Waals surface area contributed by atoms with Crippen molar-refractivity contribution in [1.82, 2.24) is 4.98 Å². The van der Waals surface area contributed by atoms with Crippen LogP contribution in [0.15, 0.2) is 23.2 Å². The van der Waals surface area contributed by atoms with Crippen LogP contribution in [0.2, 0.25) is 0 Å². The maximum Gasteiger partial charge on any atom is 0.120 e. The third kappa shape index (κ3) is 2.01. The van der Waals surface area contributed by atoms with E-state index in [4.69, 9.17) is 28.2 Å². The molecule has 1 atom stereocenters. The predicted octanol–water partition coefficient (Wildman–Crippen LogP) is 4.67. The second kappa shape index (κ2) is 4.59. The highest BCUT2D eigenvalue weighted by molar-refractivity contribution is 8.00. The number of fused-ring (bicyclic) bond motifs is 2. The SMILES string of the molecule is Cc1ccc2nc3c(c(C)c2c1)C[C@H](C(Cl)Cl)S3. The number of aromatic nitrogens is 1. The molecule has 0 amide bonds. The van der Waals surface area contributed by atoms with E-state index in [1.807, 2.05) is 0 Å². The Hall–Kier alpha value is -0.440. The molecule has 0 unspecified atom stereocenters. The van der Waals surface area contributed by atoms with Crippen LogP contribution in [0.4, 0.5) is 0 Å².